The van der Waals surface area contributed by atoms with Gasteiger partial charge in [0.1, 0.15) is 6.10 Å². The minimum Gasteiger partial charge on any atom is -0.394 e. The number of aliphatic hydroxyl groups is 7. The Morgan fingerprint density at radius 3 is 1.42 bits per heavy atom. The number of unbranched alkanes of at least 4 members (excludes halogenated alkanes) is 21. The van der Waals surface area contributed by atoms with E-state index in [9.17, 15) is 30.0 Å². The first-order valence-electron chi connectivity index (χ1n) is 19.6. The van der Waals surface area contributed by atoms with Crippen molar-refractivity contribution in [2.24, 2.45) is 0 Å². The topological polar surface area (TPSA) is 176 Å². The second-order valence-electron chi connectivity index (χ2n) is 14.1. The van der Waals surface area contributed by atoms with Crippen molar-refractivity contribution >= 4 is 11.6 Å². The van der Waals surface area contributed by atoms with Gasteiger partial charge in [-0.25, -0.2) is 0 Å². The highest BCUT2D eigenvalue weighted by Crippen LogP contribution is 2.22. The lowest BCUT2D eigenvalue weighted by atomic mass is 9.82. The van der Waals surface area contributed by atoms with E-state index < -0.39 is 35.9 Å². The van der Waals surface area contributed by atoms with Crippen molar-refractivity contribution in [1.29, 1.82) is 0 Å². The second kappa shape index (κ2) is 30.6. The fraction of sp³-hybridized carbons (Fsp3) is 0.897. The van der Waals surface area contributed by atoms with Gasteiger partial charge in [-0.05, 0) is 44.9 Å². The van der Waals surface area contributed by atoms with Gasteiger partial charge < -0.3 is 35.7 Å². The maximum absolute atomic E-state index is 12.9. The molecule has 48 heavy (non-hydrogen) atoms. The molecule has 0 aromatic rings. The lowest BCUT2D eigenvalue weighted by molar-refractivity contribution is -0.315. The van der Waals surface area contributed by atoms with Crippen LogP contribution >= 0.6 is 0 Å². The molecule has 0 saturated heterocycles. The van der Waals surface area contributed by atoms with E-state index in [1.54, 1.807) is 0 Å². The molecule has 0 bridgehead atoms. The molecule has 2 unspecified atom stereocenters. The van der Waals surface area contributed by atoms with Crippen LogP contribution in [0.5, 0.6) is 0 Å². The van der Waals surface area contributed by atoms with E-state index in [0.717, 1.165) is 89.9 Å². The monoisotopic (exact) mass is 687 g/mol. The molecule has 0 aromatic carbocycles. The van der Waals surface area contributed by atoms with E-state index in [2.05, 4.69) is 19.1 Å². The van der Waals surface area contributed by atoms with Crippen LogP contribution in [0.15, 0.2) is 12.2 Å². The van der Waals surface area contributed by atoms with Gasteiger partial charge in [0, 0.05) is 19.3 Å². The van der Waals surface area contributed by atoms with Crippen molar-refractivity contribution < 1.29 is 45.3 Å². The average Bonchev–Trinajstić information content (AvgIpc) is 3.05. The Labute approximate surface area is 292 Å². The van der Waals surface area contributed by atoms with E-state index in [-0.39, 0.29) is 25.4 Å². The molecular weight excluding hydrogens is 612 g/mol. The Hall–Kier alpha value is -1.20. The van der Waals surface area contributed by atoms with Crippen molar-refractivity contribution in [2.75, 3.05) is 6.61 Å². The van der Waals surface area contributed by atoms with Crippen LogP contribution in [0.4, 0.5) is 0 Å². The molecule has 0 spiro atoms. The van der Waals surface area contributed by atoms with Crippen LogP contribution in [-0.2, 0) is 9.59 Å². The number of hydrogen-bond donors (Lipinski definition) is 7. The summed E-state index contributed by atoms with van der Waals surface area (Å²) in [5.74, 6) is -3.94. The molecule has 284 valence electrons. The third-order valence-corrected chi connectivity index (χ3v) is 9.41. The van der Waals surface area contributed by atoms with Gasteiger partial charge in [0.15, 0.2) is 11.6 Å². The first-order valence-corrected chi connectivity index (χ1v) is 19.6. The molecular formula is C39H74O9. The highest BCUT2D eigenvalue weighted by atomic mass is 16.7. The van der Waals surface area contributed by atoms with Gasteiger partial charge >= 0.3 is 0 Å². The van der Waals surface area contributed by atoms with Crippen LogP contribution in [0.1, 0.15) is 193 Å². The van der Waals surface area contributed by atoms with Gasteiger partial charge in [0.05, 0.1) is 12.7 Å². The molecule has 0 radical (unpaired) electrons. The number of carbonyl (C=O) groups excluding carboxylic acids is 2. The number of carbonyl (C=O) groups is 2. The molecule has 9 heteroatoms. The van der Waals surface area contributed by atoms with Crippen molar-refractivity contribution in [1.82, 2.24) is 0 Å². The zero-order chi connectivity index (χ0) is 35.9. The third kappa shape index (κ3) is 25.7. The van der Waals surface area contributed by atoms with Gasteiger partial charge in [0.2, 0.25) is 5.60 Å². The summed E-state index contributed by atoms with van der Waals surface area (Å²) in [7, 11) is 0. The summed E-state index contributed by atoms with van der Waals surface area (Å²) in [5.41, 5.74) is -2.54. The molecule has 0 rings (SSSR count). The summed E-state index contributed by atoms with van der Waals surface area (Å²) in [5, 5.41) is 67.2. The zero-order valence-electron chi connectivity index (χ0n) is 30.5. The van der Waals surface area contributed by atoms with Gasteiger partial charge in [-0.3, -0.25) is 9.59 Å². The first-order chi connectivity index (χ1) is 23.0. The summed E-state index contributed by atoms with van der Waals surface area (Å²) in [6.45, 7) is 1.33. The van der Waals surface area contributed by atoms with E-state index in [4.69, 9.17) is 15.3 Å². The van der Waals surface area contributed by atoms with Crippen molar-refractivity contribution in [3.63, 3.8) is 0 Å². The van der Waals surface area contributed by atoms with Crippen LogP contribution in [0.3, 0.4) is 0 Å². The fourth-order valence-electron chi connectivity index (χ4n) is 6.18. The first kappa shape index (κ1) is 46.8. The van der Waals surface area contributed by atoms with Gasteiger partial charge in [0.25, 0.3) is 5.97 Å². The van der Waals surface area contributed by atoms with E-state index in [1.807, 2.05) is 0 Å². The van der Waals surface area contributed by atoms with Crippen molar-refractivity contribution in [2.45, 2.75) is 217 Å². The van der Waals surface area contributed by atoms with E-state index >= 15 is 0 Å². The van der Waals surface area contributed by atoms with E-state index in [1.165, 1.54) is 51.4 Å². The molecule has 0 fully saturated rings. The van der Waals surface area contributed by atoms with Gasteiger partial charge in [-0.1, -0.05) is 141 Å². The van der Waals surface area contributed by atoms with Gasteiger partial charge in [-0.15, -0.1) is 0 Å². The summed E-state index contributed by atoms with van der Waals surface area (Å²) in [6.07, 6.45) is 27.7. The quantitative estimate of drug-likeness (QED) is 0.0157. The lowest BCUT2D eigenvalue weighted by Gasteiger charge is -2.29. The normalized spacial score (nSPS) is 14.8. The number of hydrogen-bond acceptors (Lipinski definition) is 9. The number of Topliss-reactive ketones (excluding diaryl/α,β-unsaturated/α-hetero) is 2. The fourth-order valence-corrected chi connectivity index (χ4v) is 6.18. The minimum absolute atomic E-state index is 0.00355. The third-order valence-electron chi connectivity index (χ3n) is 9.41. The predicted molar refractivity (Wildman–Crippen MR) is 192 cm³/mol. The summed E-state index contributed by atoms with van der Waals surface area (Å²) < 4.78 is 0. The highest BCUT2D eigenvalue weighted by Gasteiger charge is 2.48. The standard InChI is InChI=1S/C39H74O9/c1-2-3-4-23-28-34(41)29-24-19-15-12-13-17-21-26-31-36(43)39(48,37(44)33-40)35(42)30-25-20-16-11-9-7-5-6-8-10-14-18-22-27-32-38(45,46)47/h19,24,34,37,40-41,44-48H,2-18,20-23,25-33H2,1H3/b24-19-/t34-,37?,39?/m1/s1. The summed E-state index contributed by atoms with van der Waals surface area (Å²) in [6, 6.07) is 0. The second-order valence-corrected chi connectivity index (χ2v) is 14.1. The number of rotatable bonds is 36. The van der Waals surface area contributed by atoms with Crippen LogP contribution in [0.2, 0.25) is 0 Å². The number of allylic oxidation sites excluding steroid dienone is 1. The highest BCUT2D eigenvalue weighted by molar-refractivity contribution is 6.10. The Bertz CT molecular complexity index is 795. The largest absolute Gasteiger partial charge is 0.394 e. The van der Waals surface area contributed by atoms with E-state index in [0.29, 0.717) is 25.7 Å². The molecule has 3 atom stereocenters. The van der Waals surface area contributed by atoms with Gasteiger partial charge in [-0.2, -0.15) is 0 Å². The Balaban J connectivity index is 3.98. The van der Waals surface area contributed by atoms with Crippen LogP contribution in [0.25, 0.3) is 0 Å². The molecule has 0 aromatic heterocycles. The maximum atomic E-state index is 12.9. The lowest BCUT2D eigenvalue weighted by Crippen LogP contribution is -2.57. The summed E-state index contributed by atoms with van der Waals surface area (Å²) in [4.78, 5) is 25.7. The Morgan fingerprint density at radius 1 is 0.562 bits per heavy atom. The summed E-state index contributed by atoms with van der Waals surface area (Å²) >= 11 is 0. The maximum Gasteiger partial charge on any atom is 0.275 e. The van der Waals surface area contributed by atoms with Crippen molar-refractivity contribution in [3.05, 3.63) is 12.2 Å². The average molecular weight is 687 g/mol. The Morgan fingerprint density at radius 2 is 0.979 bits per heavy atom. The smallest absolute Gasteiger partial charge is 0.275 e. The van der Waals surface area contributed by atoms with Crippen LogP contribution in [0, 0.1) is 0 Å². The van der Waals surface area contributed by atoms with Crippen molar-refractivity contribution in [3.8, 4) is 0 Å². The predicted octanol–water partition coefficient (Wildman–Crippen LogP) is 7.09. The molecule has 0 amide bonds. The number of aliphatic hydroxyl groups excluding tert-OH is 3. The molecule has 0 aliphatic rings. The molecule has 7 N–H and O–H groups in total. The molecule has 0 heterocycles. The number of ketones is 2. The Kier molecular flexibility index (Phi) is 29.8. The molecule has 0 aliphatic heterocycles. The SMILES string of the molecule is CCCCCC[C@@H](O)C/C=C\CCCCCCCC(=O)C(O)(C(=O)CCCCCCCCCCCCCCCCC(O)(O)O)C(O)CO. The van der Waals surface area contributed by atoms with Crippen LogP contribution < -0.4 is 0 Å². The van der Waals surface area contributed by atoms with Crippen LogP contribution in [-0.4, -0.2) is 77.7 Å². The molecule has 0 saturated carbocycles. The molecule has 0 aliphatic carbocycles. The molecule has 9 nitrogen and oxygen atoms in total. The zero-order valence-corrected chi connectivity index (χ0v) is 30.5. The minimum atomic E-state index is -2.54.